The van der Waals surface area contributed by atoms with Crippen LogP contribution in [0.15, 0.2) is 30.3 Å². The van der Waals surface area contributed by atoms with Crippen LogP contribution in [-0.2, 0) is 16.1 Å². The first-order valence-electron chi connectivity index (χ1n) is 6.87. The zero-order valence-corrected chi connectivity index (χ0v) is 12.6. The number of amides is 1. The van der Waals surface area contributed by atoms with E-state index in [4.69, 9.17) is 4.74 Å². The molecule has 0 aromatic heterocycles. The van der Waals surface area contributed by atoms with Gasteiger partial charge in [0.15, 0.2) is 0 Å². The molecule has 1 amide bonds. The summed E-state index contributed by atoms with van der Waals surface area (Å²) in [6, 6.07) is 10.1. The minimum atomic E-state index is -0.0310. The lowest BCUT2D eigenvalue weighted by atomic mass is 9.95. The van der Waals surface area contributed by atoms with E-state index in [1.54, 1.807) is 0 Å². The standard InChI is InChI=1S/C15H22N2O2.ClH/c1-12-7-8-16-9-14(12)17-15(18)11-19-10-13-5-3-2-4-6-13;/h2-6,12,14,16H,7-11H2,1H3,(H,17,18);1H. The highest BCUT2D eigenvalue weighted by atomic mass is 35.5. The van der Waals surface area contributed by atoms with E-state index in [1.165, 1.54) is 0 Å². The van der Waals surface area contributed by atoms with Gasteiger partial charge >= 0.3 is 0 Å². The molecule has 2 unspecified atom stereocenters. The summed E-state index contributed by atoms with van der Waals surface area (Å²) in [7, 11) is 0. The number of carbonyl (C=O) groups excluding carboxylic acids is 1. The van der Waals surface area contributed by atoms with Gasteiger partial charge in [0.05, 0.1) is 6.61 Å². The predicted molar refractivity (Wildman–Crippen MR) is 81.9 cm³/mol. The van der Waals surface area contributed by atoms with Crippen LogP contribution in [0, 0.1) is 5.92 Å². The number of rotatable bonds is 5. The third kappa shape index (κ3) is 5.49. The minimum Gasteiger partial charge on any atom is -0.367 e. The quantitative estimate of drug-likeness (QED) is 0.870. The number of halogens is 1. The molecule has 0 spiro atoms. The van der Waals surface area contributed by atoms with Crippen LogP contribution in [0.3, 0.4) is 0 Å². The van der Waals surface area contributed by atoms with Crippen molar-refractivity contribution in [1.29, 1.82) is 0 Å². The van der Waals surface area contributed by atoms with Gasteiger partial charge in [-0.25, -0.2) is 0 Å². The van der Waals surface area contributed by atoms with Gasteiger partial charge in [-0.15, -0.1) is 12.4 Å². The molecule has 2 N–H and O–H groups in total. The van der Waals surface area contributed by atoms with Gasteiger partial charge in [-0.1, -0.05) is 37.3 Å². The average Bonchev–Trinajstić information content (AvgIpc) is 2.43. The molecule has 0 radical (unpaired) electrons. The molecule has 112 valence electrons. The molecule has 0 bridgehead atoms. The maximum absolute atomic E-state index is 11.8. The molecule has 5 heteroatoms. The zero-order chi connectivity index (χ0) is 13.5. The Labute approximate surface area is 126 Å². The molecule has 0 aliphatic carbocycles. The maximum Gasteiger partial charge on any atom is 0.246 e. The van der Waals surface area contributed by atoms with Gasteiger partial charge in [0.25, 0.3) is 0 Å². The Bertz CT molecular complexity index is 400. The number of hydrogen-bond acceptors (Lipinski definition) is 3. The summed E-state index contributed by atoms with van der Waals surface area (Å²) in [5, 5.41) is 6.33. The molecule has 20 heavy (non-hydrogen) atoms. The molecule has 1 aliphatic rings. The van der Waals surface area contributed by atoms with Crippen LogP contribution in [0.5, 0.6) is 0 Å². The largest absolute Gasteiger partial charge is 0.367 e. The van der Waals surface area contributed by atoms with Crippen LogP contribution >= 0.6 is 12.4 Å². The number of nitrogens with one attached hydrogen (secondary N) is 2. The van der Waals surface area contributed by atoms with Crippen LogP contribution in [0.1, 0.15) is 18.9 Å². The van der Waals surface area contributed by atoms with Gasteiger partial charge < -0.3 is 15.4 Å². The monoisotopic (exact) mass is 298 g/mol. The second-order valence-corrected chi connectivity index (χ2v) is 5.12. The Hall–Kier alpha value is -1.10. The fourth-order valence-electron chi connectivity index (χ4n) is 2.27. The molecule has 1 aliphatic heterocycles. The molecule has 2 atom stereocenters. The zero-order valence-electron chi connectivity index (χ0n) is 11.8. The number of piperidine rings is 1. The Morgan fingerprint density at radius 2 is 2.15 bits per heavy atom. The van der Waals surface area contributed by atoms with E-state index < -0.39 is 0 Å². The number of hydrogen-bond donors (Lipinski definition) is 2. The van der Waals surface area contributed by atoms with Crippen molar-refractivity contribution in [2.45, 2.75) is 26.0 Å². The summed E-state index contributed by atoms with van der Waals surface area (Å²) in [4.78, 5) is 11.8. The topological polar surface area (TPSA) is 50.4 Å². The van der Waals surface area contributed by atoms with Crippen molar-refractivity contribution >= 4 is 18.3 Å². The Morgan fingerprint density at radius 1 is 1.40 bits per heavy atom. The summed E-state index contributed by atoms with van der Waals surface area (Å²) in [6.45, 7) is 4.67. The van der Waals surface area contributed by atoms with E-state index in [0.717, 1.165) is 25.1 Å². The third-order valence-corrected chi connectivity index (χ3v) is 3.52. The lowest BCUT2D eigenvalue weighted by Crippen LogP contribution is -2.51. The fraction of sp³-hybridized carbons (Fsp3) is 0.533. The third-order valence-electron chi connectivity index (χ3n) is 3.52. The Morgan fingerprint density at radius 3 is 2.85 bits per heavy atom. The van der Waals surface area contributed by atoms with E-state index in [0.29, 0.717) is 12.5 Å². The average molecular weight is 299 g/mol. The normalized spacial score (nSPS) is 21.9. The number of benzene rings is 1. The predicted octanol–water partition coefficient (Wildman–Crippen LogP) is 1.74. The molecule has 1 fully saturated rings. The van der Waals surface area contributed by atoms with Crippen LogP contribution in [0.25, 0.3) is 0 Å². The summed E-state index contributed by atoms with van der Waals surface area (Å²) in [6.07, 6.45) is 1.11. The van der Waals surface area contributed by atoms with Crippen LogP contribution in [-0.4, -0.2) is 31.6 Å². The molecular weight excluding hydrogens is 276 g/mol. The lowest BCUT2D eigenvalue weighted by molar-refractivity contribution is -0.127. The Kier molecular flexibility index (Phi) is 7.59. The van der Waals surface area contributed by atoms with Crippen molar-refractivity contribution in [3.8, 4) is 0 Å². The van der Waals surface area contributed by atoms with E-state index in [2.05, 4.69) is 17.6 Å². The van der Waals surface area contributed by atoms with Crippen molar-refractivity contribution in [2.75, 3.05) is 19.7 Å². The number of carbonyl (C=O) groups is 1. The van der Waals surface area contributed by atoms with Crippen LogP contribution < -0.4 is 10.6 Å². The second-order valence-electron chi connectivity index (χ2n) is 5.12. The summed E-state index contributed by atoms with van der Waals surface area (Å²) in [5.74, 6) is 0.496. The van der Waals surface area contributed by atoms with Gasteiger partial charge in [0, 0.05) is 12.6 Å². The van der Waals surface area contributed by atoms with Gasteiger partial charge in [0.2, 0.25) is 5.91 Å². The molecule has 4 nitrogen and oxygen atoms in total. The SMILES string of the molecule is CC1CCNCC1NC(=O)COCc1ccccc1.Cl. The fourth-order valence-corrected chi connectivity index (χ4v) is 2.27. The van der Waals surface area contributed by atoms with Crippen molar-refractivity contribution < 1.29 is 9.53 Å². The first-order chi connectivity index (χ1) is 9.25. The molecule has 2 rings (SSSR count). The van der Waals surface area contributed by atoms with E-state index in [9.17, 15) is 4.79 Å². The number of ether oxygens (including phenoxy) is 1. The molecule has 1 aromatic carbocycles. The van der Waals surface area contributed by atoms with Gasteiger partial charge in [-0.2, -0.15) is 0 Å². The van der Waals surface area contributed by atoms with Crippen LogP contribution in [0.4, 0.5) is 0 Å². The van der Waals surface area contributed by atoms with E-state index >= 15 is 0 Å². The molecule has 0 saturated carbocycles. The second kappa shape index (κ2) is 8.95. The van der Waals surface area contributed by atoms with Crippen molar-refractivity contribution in [1.82, 2.24) is 10.6 Å². The highest BCUT2D eigenvalue weighted by Crippen LogP contribution is 2.10. The van der Waals surface area contributed by atoms with Crippen LogP contribution in [0.2, 0.25) is 0 Å². The molecule has 1 heterocycles. The first-order valence-corrected chi connectivity index (χ1v) is 6.87. The summed E-state index contributed by atoms with van der Waals surface area (Å²) in [5.41, 5.74) is 1.09. The molecule has 1 saturated heterocycles. The summed E-state index contributed by atoms with van der Waals surface area (Å²) < 4.78 is 5.43. The smallest absolute Gasteiger partial charge is 0.246 e. The van der Waals surface area contributed by atoms with Crippen molar-refractivity contribution in [2.24, 2.45) is 5.92 Å². The van der Waals surface area contributed by atoms with Crippen molar-refractivity contribution in [3.05, 3.63) is 35.9 Å². The highest BCUT2D eigenvalue weighted by molar-refractivity contribution is 5.85. The molecular formula is C15H23ClN2O2. The van der Waals surface area contributed by atoms with Gasteiger partial charge in [0.1, 0.15) is 6.61 Å². The Balaban J connectivity index is 0.00000200. The highest BCUT2D eigenvalue weighted by Gasteiger charge is 2.22. The molecule has 1 aromatic rings. The lowest BCUT2D eigenvalue weighted by Gasteiger charge is -2.30. The summed E-state index contributed by atoms with van der Waals surface area (Å²) >= 11 is 0. The van der Waals surface area contributed by atoms with Gasteiger partial charge in [-0.3, -0.25) is 4.79 Å². The first kappa shape index (κ1) is 17.0. The van der Waals surface area contributed by atoms with E-state index in [1.807, 2.05) is 30.3 Å². The minimum absolute atomic E-state index is 0. The van der Waals surface area contributed by atoms with E-state index in [-0.39, 0.29) is 31.0 Å². The van der Waals surface area contributed by atoms with Gasteiger partial charge in [-0.05, 0) is 24.4 Å². The van der Waals surface area contributed by atoms with Crippen molar-refractivity contribution in [3.63, 3.8) is 0 Å². The maximum atomic E-state index is 11.8.